The Morgan fingerprint density at radius 2 is 2.07 bits per heavy atom. The number of pyridine rings is 1. The summed E-state index contributed by atoms with van der Waals surface area (Å²) in [7, 11) is 0. The van der Waals surface area contributed by atoms with Crippen LogP contribution in [-0.4, -0.2) is 10.2 Å². The fraction of sp³-hybridized carbons (Fsp3) is 0.143. The van der Waals surface area contributed by atoms with E-state index in [9.17, 15) is 22.8 Å². The zero-order valence-corrected chi connectivity index (χ0v) is 7.24. The summed E-state index contributed by atoms with van der Waals surface area (Å²) in [5.41, 5.74) is -3.48. The highest BCUT2D eigenvalue weighted by Gasteiger charge is 2.22. The number of halogens is 4. The molecule has 0 saturated carbocycles. The summed E-state index contributed by atoms with van der Waals surface area (Å²) in [6, 6.07) is 0. The lowest BCUT2D eigenvalue weighted by Crippen LogP contribution is -2.20. The standard InChI is InChI=1S/C7H3ClF3NO2/c8-5(14)2-1-12-7(11)3(4(2)13)6(9)10/h1,6H,(H,12,13). The summed E-state index contributed by atoms with van der Waals surface area (Å²) in [6.07, 6.45) is -2.64. The minimum atomic E-state index is -3.30. The smallest absolute Gasteiger partial charge is 0.271 e. The molecule has 1 N–H and O–H groups in total. The molecule has 7 heteroatoms. The van der Waals surface area contributed by atoms with Crippen molar-refractivity contribution in [2.24, 2.45) is 0 Å². The number of rotatable bonds is 2. The molecule has 0 aliphatic rings. The molecule has 0 fully saturated rings. The van der Waals surface area contributed by atoms with Crippen molar-refractivity contribution in [2.45, 2.75) is 6.43 Å². The largest absolute Gasteiger partial charge is 0.337 e. The predicted octanol–water partition coefficient (Wildman–Crippen LogP) is 1.83. The third-order valence-electron chi connectivity index (χ3n) is 1.50. The molecule has 0 amide bonds. The van der Waals surface area contributed by atoms with Gasteiger partial charge in [-0.05, 0) is 11.6 Å². The van der Waals surface area contributed by atoms with Gasteiger partial charge in [0.2, 0.25) is 11.4 Å². The van der Waals surface area contributed by atoms with Crippen molar-refractivity contribution in [1.82, 2.24) is 4.98 Å². The van der Waals surface area contributed by atoms with E-state index in [1.165, 1.54) is 0 Å². The average Bonchev–Trinajstić information content (AvgIpc) is 2.02. The molecule has 0 unspecified atom stereocenters. The second kappa shape index (κ2) is 3.83. The highest BCUT2D eigenvalue weighted by atomic mass is 35.5. The normalized spacial score (nSPS) is 10.6. The number of carbonyl (C=O) groups is 1. The fourth-order valence-corrected chi connectivity index (χ4v) is 1.00. The molecule has 0 aliphatic carbocycles. The van der Waals surface area contributed by atoms with Crippen molar-refractivity contribution < 1.29 is 18.0 Å². The molecule has 0 aromatic carbocycles. The van der Waals surface area contributed by atoms with Crippen molar-refractivity contribution in [3.8, 4) is 0 Å². The van der Waals surface area contributed by atoms with Crippen LogP contribution in [0.2, 0.25) is 0 Å². The SMILES string of the molecule is O=C(Cl)c1c[nH]c(F)c(C(F)F)c1=O. The Labute approximate surface area is 80.5 Å². The molecule has 0 saturated heterocycles. The van der Waals surface area contributed by atoms with E-state index in [2.05, 4.69) is 0 Å². The van der Waals surface area contributed by atoms with Crippen LogP contribution in [0.4, 0.5) is 13.2 Å². The van der Waals surface area contributed by atoms with Crippen LogP contribution in [0.3, 0.4) is 0 Å². The molecule has 0 atom stereocenters. The molecule has 0 aliphatic heterocycles. The number of H-pyrrole nitrogens is 1. The maximum Gasteiger partial charge on any atom is 0.271 e. The average molecular weight is 226 g/mol. The van der Waals surface area contributed by atoms with Gasteiger partial charge in [-0.3, -0.25) is 9.59 Å². The van der Waals surface area contributed by atoms with E-state index in [1.54, 1.807) is 4.98 Å². The molecular weight excluding hydrogens is 223 g/mol. The van der Waals surface area contributed by atoms with Gasteiger partial charge in [-0.1, -0.05) is 0 Å². The fourth-order valence-electron chi connectivity index (χ4n) is 0.864. The van der Waals surface area contributed by atoms with E-state index in [0.717, 1.165) is 0 Å². The van der Waals surface area contributed by atoms with Crippen molar-refractivity contribution in [2.75, 3.05) is 0 Å². The van der Waals surface area contributed by atoms with Crippen molar-refractivity contribution in [1.29, 1.82) is 0 Å². The summed E-state index contributed by atoms with van der Waals surface area (Å²) in [5.74, 6) is -1.47. The van der Waals surface area contributed by atoms with Crippen molar-refractivity contribution in [3.05, 3.63) is 33.5 Å². The molecule has 0 spiro atoms. The Balaban J connectivity index is 3.50. The number of hydrogen-bond acceptors (Lipinski definition) is 2. The number of alkyl halides is 2. The van der Waals surface area contributed by atoms with Crippen molar-refractivity contribution in [3.63, 3.8) is 0 Å². The van der Waals surface area contributed by atoms with Gasteiger partial charge in [0.1, 0.15) is 5.56 Å². The summed E-state index contributed by atoms with van der Waals surface area (Å²) in [6.45, 7) is 0. The first-order valence-corrected chi connectivity index (χ1v) is 3.72. The molecule has 14 heavy (non-hydrogen) atoms. The van der Waals surface area contributed by atoms with Crippen LogP contribution in [0.25, 0.3) is 0 Å². The Bertz CT molecular complexity index is 429. The number of aromatic amines is 1. The van der Waals surface area contributed by atoms with Crippen LogP contribution in [0, 0.1) is 5.95 Å². The van der Waals surface area contributed by atoms with Crippen LogP contribution < -0.4 is 5.43 Å². The summed E-state index contributed by atoms with van der Waals surface area (Å²) >= 11 is 4.91. The van der Waals surface area contributed by atoms with Crippen LogP contribution in [0.5, 0.6) is 0 Å². The van der Waals surface area contributed by atoms with E-state index < -0.39 is 34.2 Å². The lowest BCUT2D eigenvalue weighted by atomic mass is 10.2. The predicted molar refractivity (Wildman–Crippen MR) is 42.2 cm³/mol. The Morgan fingerprint density at radius 3 is 2.50 bits per heavy atom. The number of nitrogens with one attached hydrogen (secondary N) is 1. The van der Waals surface area contributed by atoms with Gasteiger partial charge in [0.15, 0.2) is 0 Å². The lowest BCUT2D eigenvalue weighted by Gasteiger charge is -2.01. The van der Waals surface area contributed by atoms with Gasteiger partial charge in [0.05, 0.1) is 5.56 Å². The van der Waals surface area contributed by atoms with Crippen LogP contribution in [0.15, 0.2) is 11.0 Å². The molecular formula is C7H3ClF3NO2. The molecule has 1 aromatic rings. The molecule has 0 radical (unpaired) electrons. The summed E-state index contributed by atoms with van der Waals surface area (Å²) in [4.78, 5) is 23.3. The molecule has 76 valence electrons. The van der Waals surface area contributed by atoms with Gasteiger partial charge in [-0.25, -0.2) is 8.78 Å². The maximum absolute atomic E-state index is 12.7. The molecule has 3 nitrogen and oxygen atoms in total. The van der Waals surface area contributed by atoms with Gasteiger partial charge >= 0.3 is 0 Å². The molecule has 0 bridgehead atoms. The number of carbonyl (C=O) groups excluding carboxylic acids is 1. The first-order valence-electron chi connectivity index (χ1n) is 3.34. The van der Waals surface area contributed by atoms with Crippen molar-refractivity contribution >= 4 is 16.8 Å². The van der Waals surface area contributed by atoms with Gasteiger partial charge in [-0.15, -0.1) is 0 Å². The monoisotopic (exact) mass is 225 g/mol. The highest BCUT2D eigenvalue weighted by Crippen LogP contribution is 2.17. The zero-order valence-electron chi connectivity index (χ0n) is 6.48. The maximum atomic E-state index is 12.7. The second-order valence-electron chi connectivity index (χ2n) is 2.33. The third-order valence-corrected chi connectivity index (χ3v) is 1.70. The number of aromatic nitrogens is 1. The number of hydrogen-bond donors (Lipinski definition) is 1. The topological polar surface area (TPSA) is 49.9 Å². The van der Waals surface area contributed by atoms with E-state index >= 15 is 0 Å². The molecule has 1 aromatic heterocycles. The van der Waals surface area contributed by atoms with E-state index in [-0.39, 0.29) is 0 Å². The Hall–Kier alpha value is -1.30. The first-order chi connectivity index (χ1) is 6.45. The Kier molecular flexibility index (Phi) is 2.95. The summed E-state index contributed by atoms with van der Waals surface area (Å²) < 4.78 is 36.9. The highest BCUT2D eigenvalue weighted by molar-refractivity contribution is 6.67. The minimum absolute atomic E-state index is 0.652. The molecule has 1 heterocycles. The third kappa shape index (κ3) is 1.79. The van der Waals surface area contributed by atoms with Crippen LogP contribution >= 0.6 is 11.6 Å². The zero-order chi connectivity index (χ0) is 10.9. The summed E-state index contributed by atoms with van der Waals surface area (Å²) in [5, 5.41) is -1.21. The van der Waals surface area contributed by atoms with Crippen LogP contribution in [-0.2, 0) is 0 Å². The van der Waals surface area contributed by atoms with E-state index in [0.29, 0.717) is 6.20 Å². The van der Waals surface area contributed by atoms with E-state index in [4.69, 9.17) is 11.6 Å². The van der Waals surface area contributed by atoms with Gasteiger partial charge in [0, 0.05) is 6.20 Å². The second-order valence-corrected chi connectivity index (χ2v) is 2.68. The van der Waals surface area contributed by atoms with Gasteiger partial charge < -0.3 is 4.98 Å². The van der Waals surface area contributed by atoms with Crippen LogP contribution in [0.1, 0.15) is 22.3 Å². The minimum Gasteiger partial charge on any atom is -0.337 e. The first kappa shape index (κ1) is 10.8. The van der Waals surface area contributed by atoms with Gasteiger partial charge in [-0.2, -0.15) is 4.39 Å². The Morgan fingerprint density at radius 1 is 1.50 bits per heavy atom. The lowest BCUT2D eigenvalue weighted by molar-refractivity contribution is 0.107. The van der Waals surface area contributed by atoms with Gasteiger partial charge in [0.25, 0.3) is 11.7 Å². The quantitative estimate of drug-likeness (QED) is 0.617. The molecule has 1 rings (SSSR count). The van der Waals surface area contributed by atoms with E-state index in [1.807, 2.05) is 0 Å².